The van der Waals surface area contributed by atoms with Crippen molar-refractivity contribution in [1.82, 2.24) is 4.98 Å². The number of nitrogens with two attached hydrogens (primary N) is 1. The van der Waals surface area contributed by atoms with Crippen LogP contribution in [-0.2, 0) is 6.42 Å². The second-order valence-corrected chi connectivity index (χ2v) is 4.29. The zero-order chi connectivity index (χ0) is 9.97. The van der Waals surface area contributed by atoms with E-state index < -0.39 is 0 Å². The molecule has 1 aliphatic carbocycles. The summed E-state index contributed by atoms with van der Waals surface area (Å²) in [6.07, 6.45) is 7.72. The minimum atomic E-state index is 0.582. The summed E-state index contributed by atoms with van der Waals surface area (Å²) in [7, 11) is 0. The molecule has 0 bridgehead atoms. The Morgan fingerprint density at radius 1 is 1.64 bits per heavy atom. The fourth-order valence-corrected chi connectivity index (χ4v) is 2.42. The number of aryl methyl sites for hydroxylation is 1. The molecule has 2 rings (SSSR count). The number of fused-ring (bicyclic) bond motifs is 1. The molecule has 1 aromatic heterocycles. The predicted molar refractivity (Wildman–Crippen MR) is 58.1 cm³/mol. The molecule has 0 saturated heterocycles. The van der Waals surface area contributed by atoms with Gasteiger partial charge < -0.3 is 5.73 Å². The molecule has 0 aromatic carbocycles. The Hall–Kier alpha value is -0.890. The van der Waals surface area contributed by atoms with Gasteiger partial charge in [0.2, 0.25) is 0 Å². The van der Waals surface area contributed by atoms with E-state index >= 15 is 0 Å². The maximum absolute atomic E-state index is 5.74. The number of pyridine rings is 1. The third-order valence-electron chi connectivity index (χ3n) is 3.37. The van der Waals surface area contributed by atoms with Crippen LogP contribution in [0.3, 0.4) is 0 Å². The highest BCUT2D eigenvalue weighted by Gasteiger charge is 2.24. The fraction of sp³-hybridized carbons (Fsp3) is 0.583. The number of rotatable bonds is 2. The van der Waals surface area contributed by atoms with Crippen molar-refractivity contribution >= 4 is 0 Å². The van der Waals surface area contributed by atoms with E-state index in [-0.39, 0.29) is 0 Å². The minimum absolute atomic E-state index is 0.582. The van der Waals surface area contributed by atoms with Crippen LogP contribution in [0.5, 0.6) is 0 Å². The van der Waals surface area contributed by atoms with Gasteiger partial charge in [-0.15, -0.1) is 0 Å². The van der Waals surface area contributed by atoms with Gasteiger partial charge in [0, 0.05) is 12.4 Å². The second kappa shape index (κ2) is 4.09. The SMILES string of the molecule is CC(CN)C1CCCc2ccncc21. The summed E-state index contributed by atoms with van der Waals surface area (Å²) in [6, 6.07) is 2.16. The summed E-state index contributed by atoms with van der Waals surface area (Å²) in [5, 5.41) is 0. The van der Waals surface area contributed by atoms with Gasteiger partial charge in [-0.05, 0) is 54.8 Å². The van der Waals surface area contributed by atoms with Crippen molar-refractivity contribution in [3.05, 3.63) is 29.6 Å². The first-order valence-electron chi connectivity index (χ1n) is 5.45. The van der Waals surface area contributed by atoms with Crippen LogP contribution in [0.2, 0.25) is 0 Å². The van der Waals surface area contributed by atoms with Gasteiger partial charge in [-0.25, -0.2) is 0 Å². The van der Waals surface area contributed by atoms with Crippen LogP contribution < -0.4 is 5.73 Å². The van der Waals surface area contributed by atoms with Crippen LogP contribution in [0.15, 0.2) is 18.5 Å². The summed E-state index contributed by atoms with van der Waals surface area (Å²) in [5.41, 5.74) is 8.66. The zero-order valence-corrected chi connectivity index (χ0v) is 8.74. The lowest BCUT2D eigenvalue weighted by Crippen LogP contribution is -2.22. The van der Waals surface area contributed by atoms with Crippen molar-refractivity contribution in [3.8, 4) is 0 Å². The summed E-state index contributed by atoms with van der Waals surface area (Å²) in [5.74, 6) is 1.22. The third-order valence-corrected chi connectivity index (χ3v) is 3.37. The van der Waals surface area contributed by atoms with Crippen LogP contribution in [0.4, 0.5) is 0 Å². The Morgan fingerprint density at radius 2 is 2.50 bits per heavy atom. The first kappa shape index (κ1) is 9.66. The van der Waals surface area contributed by atoms with E-state index in [4.69, 9.17) is 5.73 Å². The largest absolute Gasteiger partial charge is 0.330 e. The molecule has 0 amide bonds. The van der Waals surface area contributed by atoms with E-state index in [2.05, 4.69) is 18.0 Å². The van der Waals surface area contributed by atoms with Crippen molar-refractivity contribution in [1.29, 1.82) is 0 Å². The van der Waals surface area contributed by atoms with Gasteiger partial charge in [0.25, 0.3) is 0 Å². The van der Waals surface area contributed by atoms with Gasteiger partial charge >= 0.3 is 0 Å². The van der Waals surface area contributed by atoms with E-state index in [1.54, 1.807) is 0 Å². The Morgan fingerprint density at radius 3 is 3.29 bits per heavy atom. The Labute approximate surface area is 85.5 Å². The number of hydrogen-bond donors (Lipinski definition) is 1. The molecule has 1 aliphatic rings. The number of aromatic nitrogens is 1. The zero-order valence-electron chi connectivity index (χ0n) is 8.74. The molecule has 0 aliphatic heterocycles. The van der Waals surface area contributed by atoms with Crippen molar-refractivity contribution in [2.24, 2.45) is 11.7 Å². The molecule has 0 spiro atoms. The van der Waals surface area contributed by atoms with Crippen molar-refractivity contribution in [2.75, 3.05) is 6.54 Å². The second-order valence-electron chi connectivity index (χ2n) is 4.29. The summed E-state index contributed by atoms with van der Waals surface area (Å²) >= 11 is 0. The molecule has 0 radical (unpaired) electrons. The Bertz CT molecular complexity index is 309. The smallest absolute Gasteiger partial charge is 0.0305 e. The topological polar surface area (TPSA) is 38.9 Å². The standard InChI is InChI=1S/C12H18N2/c1-9(7-13)11-4-2-3-10-5-6-14-8-12(10)11/h5-6,8-9,11H,2-4,7,13H2,1H3. The van der Waals surface area contributed by atoms with Gasteiger partial charge in [0.05, 0.1) is 0 Å². The molecule has 1 aromatic rings. The average molecular weight is 190 g/mol. The van der Waals surface area contributed by atoms with Gasteiger partial charge in [-0.1, -0.05) is 6.92 Å². The monoisotopic (exact) mass is 190 g/mol. The molecule has 2 heteroatoms. The summed E-state index contributed by atoms with van der Waals surface area (Å²) < 4.78 is 0. The molecule has 0 saturated carbocycles. The lowest BCUT2D eigenvalue weighted by atomic mass is 9.77. The lowest BCUT2D eigenvalue weighted by molar-refractivity contribution is 0.412. The highest BCUT2D eigenvalue weighted by atomic mass is 14.6. The maximum atomic E-state index is 5.74. The predicted octanol–water partition coefficient (Wildman–Crippen LogP) is 2.10. The molecule has 2 unspecified atom stereocenters. The van der Waals surface area contributed by atoms with Gasteiger partial charge in [0.15, 0.2) is 0 Å². The van der Waals surface area contributed by atoms with E-state index in [0.29, 0.717) is 11.8 Å². The van der Waals surface area contributed by atoms with Crippen LogP contribution >= 0.6 is 0 Å². The fourth-order valence-electron chi connectivity index (χ4n) is 2.42. The molecule has 2 N–H and O–H groups in total. The average Bonchev–Trinajstić information content (AvgIpc) is 2.27. The van der Waals surface area contributed by atoms with Crippen molar-refractivity contribution in [3.63, 3.8) is 0 Å². The summed E-state index contributed by atoms with van der Waals surface area (Å²) in [6.45, 7) is 3.02. The minimum Gasteiger partial charge on any atom is -0.330 e. The molecule has 2 nitrogen and oxygen atoms in total. The molecule has 0 fully saturated rings. The van der Waals surface area contributed by atoms with E-state index in [9.17, 15) is 0 Å². The molecule has 2 atom stereocenters. The van der Waals surface area contributed by atoms with Crippen LogP contribution in [0.1, 0.15) is 36.8 Å². The van der Waals surface area contributed by atoms with Gasteiger partial charge in [0.1, 0.15) is 0 Å². The van der Waals surface area contributed by atoms with Crippen molar-refractivity contribution in [2.45, 2.75) is 32.1 Å². The normalized spacial score (nSPS) is 22.9. The molecule has 76 valence electrons. The van der Waals surface area contributed by atoms with E-state index in [0.717, 1.165) is 6.54 Å². The molecular weight excluding hydrogens is 172 g/mol. The van der Waals surface area contributed by atoms with E-state index in [1.807, 2.05) is 12.4 Å². The number of nitrogens with zero attached hydrogens (tertiary/aromatic N) is 1. The quantitative estimate of drug-likeness (QED) is 0.775. The number of hydrogen-bond acceptors (Lipinski definition) is 2. The van der Waals surface area contributed by atoms with Crippen LogP contribution in [0, 0.1) is 5.92 Å². The highest BCUT2D eigenvalue weighted by molar-refractivity contribution is 5.30. The van der Waals surface area contributed by atoms with E-state index in [1.165, 1.54) is 30.4 Å². The van der Waals surface area contributed by atoms with Crippen LogP contribution in [0.25, 0.3) is 0 Å². The van der Waals surface area contributed by atoms with Crippen LogP contribution in [-0.4, -0.2) is 11.5 Å². The lowest BCUT2D eigenvalue weighted by Gasteiger charge is -2.29. The highest BCUT2D eigenvalue weighted by Crippen LogP contribution is 2.35. The van der Waals surface area contributed by atoms with Gasteiger partial charge in [-0.3, -0.25) is 4.98 Å². The molecular formula is C12H18N2. The Kier molecular flexibility index (Phi) is 2.82. The molecule has 1 heterocycles. The van der Waals surface area contributed by atoms with Crippen molar-refractivity contribution < 1.29 is 0 Å². The Balaban J connectivity index is 2.30. The first-order valence-corrected chi connectivity index (χ1v) is 5.45. The third kappa shape index (κ3) is 1.67. The molecule has 14 heavy (non-hydrogen) atoms. The summed E-state index contributed by atoms with van der Waals surface area (Å²) in [4.78, 5) is 4.22. The van der Waals surface area contributed by atoms with Gasteiger partial charge in [-0.2, -0.15) is 0 Å². The maximum Gasteiger partial charge on any atom is 0.0305 e. The first-order chi connectivity index (χ1) is 6.83.